The average molecular weight is 311 g/mol. The third-order valence-electron chi connectivity index (χ3n) is 3.93. The van der Waals surface area contributed by atoms with Crippen LogP contribution >= 0.6 is 0 Å². The monoisotopic (exact) mass is 311 g/mol. The van der Waals surface area contributed by atoms with E-state index in [4.69, 9.17) is 0 Å². The van der Waals surface area contributed by atoms with E-state index in [0.717, 1.165) is 5.69 Å². The highest BCUT2D eigenvalue weighted by atomic mass is 16.4. The second-order valence-electron chi connectivity index (χ2n) is 5.38. The molecule has 1 heterocycles. The highest BCUT2D eigenvalue weighted by Gasteiger charge is 2.45. The number of para-hydroxylation sites is 2. The summed E-state index contributed by atoms with van der Waals surface area (Å²) in [7, 11) is 0. The molecule has 1 atom stereocenters. The lowest BCUT2D eigenvalue weighted by molar-refractivity contribution is -0.145. The number of hydrogen-bond donors (Lipinski definition) is 4. The van der Waals surface area contributed by atoms with Crippen molar-refractivity contribution in [3.63, 3.8) is 0 Å². The third kappa shape index (κ3) is 2.83. The molecule has 0 saturated carbocycles. The predicted molar refractivity (Wildman–Crippen MR) is 87.5 cm³/mol. The van der Waals surface area contributed by atoms with Gasteiger partial charge in [0.1, 0.15) is 0 Å². The second kappa shape index (κ2) is 6.00. The van der Waals surface area contributed by atoms with Crippen LogP contribution in [0.2, 0.25) is 0 Å². The zero-order valence-corrected chi connectivity index (χ0v) is 12.4. The number of carbonyl (C=O) groups is 2. The molecule has 1 aliphatic rings. The lowest BCUT2D eigenvalue weighted by Crippen LogP contribution is -2.55. The van der Waals surface area contributed by atoms with E-state index < -0.39 is 17.5 Å². The fourth-order valence-corrected chi connectivity index (χ4v) is 2.81. The van der Waals surface area contributed by atoms with Gasteiger partial charge in [-0.25, -0.2) is 9.59 Å². The molecule has 4 N–H and O–H groups in total. The quantitative estimate of drug-likeness (QED) is 0.701. The average Bonchev–Trinajstić information content (AvgIpc) is 2.56. The number of urea groups is 1. The van der Waals surface area contributed by atoms with Gasteiger partial charge in [-0.3, -0.25) is 0 Å². The standard InChI is InChI=1S/C17H17N3O3/c21-15(22)17(10-11-18-14-9-5-4-8-13(14)17)20-16(23)19-12-6-2-1-3-7-12/h1-9,18H,10-11H2,(H,21,22)(H2,19,20,23). The number of carboxylic acids is 1. The highest BCUT2D eigenvalue weighted by molar-refractivity contribution is 5.95. The van der Waals surface area contributed by atoms with E-state index in [0.29, 0.717) is 17.8 Å². The Hall–Kier alpha value is -3.02. The molecule has 1 aliphatic heterocycles. The third-order valence-corrected chi connectivity index (χ3v) is 3.93. The van der Waals surface area contributed by atoms with E-state index >= 15 is 0 Å². The van der Waals surface area contributed by atoms with Gasteiger partial charge in [0.25, 0.3) is 0 Å². The number of aliphatic carboxylic acids is 1. The number of benzene rings is 2. The van der Waals surface area contributed by atoms with Gasteiger partial charge in [-0.2, -0.15) is 0 Å². The highest BCUT2D eigenvalue weighted by Crippen LogP contribution is 2.35. The summed E-state index contributed by atoms with van der Waals surface area (Å²) in [5.41, 5.74) is 0.441. The van der Waals surface area contributed by atoms with Gasteiger partial charge in [0.15, 0.2) is 5.54 Å². The van der Waals surface area contributed by atoms with Crippen molar-refractivity contribution in [2.24, 2.45) is 0 Å². The summed E-state index contributed by atoms with van der Waals surface area (Å²) in [6, 6.07) is 15.5. The fourth-order valence-electron chi connectivity index (χ4n) is 2.81. The van der Waals surface area contributed by atoms with Crippen molar-refractivity contribution in [3.8, 4) is 0 Å². The van der Waals surface area contributed by atoms with Gasteiger partial charge in [0.05, 0.1) is 0 Å². The van der Waals surface area contributed by atoms with Gasteiger partial charge >= 0.3 is 12.0 Å². The molecule has 2 aromatic carbocycles. The Morgan fingerprint density at radius 3 is 2.48 bits per heavy atom. The van der Waals surface area contributed by atoms with Crippen LogP contribution in [0.3, 0.4) is 0 Å². The van der Waals surface area contributed by atoms with Crippen LogP contribution in [0, 0.1) is 0 Å². The molecule has 0 bridgehead atoms. The molecule has 0 spiro atoms. The lowest BCUT2D eigenvalue weighted by Gasteiger charge is -2.36. The van der Waals surface area contributed by atoms with Crippen LogP contribution in [0.4, 0.5) is 16.2 Å². The van der Waals surface area contributed by atoms with E-state index in [1.54, 1.807) is 36.4 Å². The van der Waals surface area contributed by atoms with Crippen LogP contribution in [-0.4, -0.2) is 23.7 Å². The number of hydrogen-bond acceptors (Lipinski definition) is 3. The molecule has 6 heteroatoms. The molecule has 118 valence electrons. The second-order valence-corrected chi connectivity index (χ2v) is 5.38. The van der Waals surface area contributed by atoms with Gasteiger partial charge in [0, 0.05) is 29.9 Å². The van der Waals surface area contributed by atoms with Crippen molar-refractivity contribution in [2.45, 2.75) is 12.0 Å². The first-order valence-electron chi connectivity index (χ1n) is 7.33. The Morgan fingerprint density at radius 2 is 1.74 bits per heavy atom. The largest absolute Gasteiger partial charge is 0.479 e. The Morgan fingerprint density at radius 1 is 1.04 bits per heavy atom. The Labute approximate surface area is 133 Å². The first kappa shape index (κ1) is 14.9. The number of rotatable bonds is 3. The zero-order chi connectivity index (χ0) is 16.3. The van der Waals surface area contributed by atoms with Gasteiger partial charge in [-0.15, -0.1) is 0 Å². The number of nitrogens with one attached hydrogen (secondary N) is 3. The molecular formula is C17H17N3O3. The molecule has 0 aliphatic carbocycles. The van der Waals surface area contributed by atoms with Crippen LogP contribution in [0.5, 0.6) is 0 Å². The molecule has 2 amide bonds. The van der Waals surface area contributed by atoms with Crippen molar-refractivity contribution in [2.75, 3.05) is 17.2 Å². The van der Waals surface area contributed by atoms with E-state index in [9.17, 15) is 14.7 Å². The van der Waals surface area contributed by atoms with Crippen molar-refractivity contribution in [3.05, 3.63) is 60.2 Å². The van der Waals surface area contributed by atoms with Gasteiger partial charge < -0.3 is 21.1 Å². The maximum Gasteiger partial charge on any atom is 0.334 e. The first-order chi connectivity index (χ1) is 11.1. The molecule has 0 aromatic heterocycles. The molecule has 23 heavy (non-hydrogen) atoms. The summed E-state index contributed by atoms with van der Waals surface area (Å²) in [5, 5.41) is 18.3. The summed E-state index contributed by atoms with van der Waals surface area (Å²) in [5.74, 6) is -1.07. The molecule has 0 fully saturated rings. The Kier molecular flexibility index (Phi) is 3.89. The summed E-state index contributed by atoms with van der Waals surface area (Å²) >= 11 is 0. The summed E-state index contributed by atoms with van der Waals surface area (Å²) in [4.78, 5) is 24.3. The number of anilines is 2. The molecule has 6 nitrogen and oxygen atoms in total. The van der Waals surface area contributed by atoms with Crippen LogP contribution < -0.4 is 16.0 Å². The maximum absolute atomic E-state index is 12.3. The smallest absolute Gasteiger partial charge is 0.334 e. The van der Waals surface area contributed by atoms with Gasteiger partial charge in [0.2, 0.25) is 0 Å². The number of amides is 2. The van der Waals surface area contributed by atoms with Crippen molar-refractivity contribution < 1.29 is 14.7 Å². The van der Waals surface area contributed by atoms with E-state index in [1.165, 1.54) is 0 Å². The molecule has 2 aromatic rings. The van der Waals surface area contributed by atoms with E-state index in [1.807, 2.05) is 18.2 Å². The number of fused-ring (bicyclic) bond motifs is 1. The molecule has 0 radical (unpaired) electrons. The molecule has 0 saturated heterocycles. The fraction of sp³-hybridized carbons (Fsp3) is 0.176. The Balaban J connectivity index is 1.88. The summed E-state index contributed by atoms with van der Waals surface area (Å²) in [6.07, 6.45) is 0.265. The van der Waals surface area contributed by atoms with E-state index in [2.05, 4.69) is 16.0 Å². The Bertz CT molecular complexity index is 733. The minimum atomic E-state index is -1.44. The van der Waals surface area contributed by atoms with Crippen LogP contribution in [-0.2, 0) is 10.3 Å². The molecule has 1 unspecified atom stereocenters. The first-order valence-corrected chi connectivity index (χ1v) is 7.33. The lowest BCUT2D eigenvalue weighted by atomic mass is 9.83. The minimum absolute atomic E-state index is 0.265. The minimum Gasteiger partial charge on any atom is -0.479 e. The summed E-state index contributed by atoms with van der Waals surface area (Å²) in [6.45, 7) is 0.467. The van der Waals surface area contributed by atoms with E-state index in [-0.39, 0.29) is 6.42 Å². The number of carboxylic acid groups (broad SMARTS) is 1. The van der Waals surface area contributed by atoms with Gasteiger partial charge in [-0.1, -0.05) is 36.4 Å². The predicted octanol–water partition coefficient (Wildman–Crippen LogP) is 2.60. The van der Waals surface area contributed by atoms with Crippen molar-refractivity contribution in [1.29, 1.82) is 0 Å². The van der Waals surface area contributed by atoms with Crippen LogP contribution in [0.15, 0.2) is 54.6 Å². The molecular weight excluding hydrogens is 294 g/mol. The summed E-state index contributed by atoms with van der Waals surface area (Å²) < 4.78 is 0. The number of carbonyl (C=O) groups excluding carboxylic acids is 1. The van der Waals surface area contributed by atoms with Gasteiger partial charge in [-0.05, 0) is 18.2 Å². The van der Waals surface area contributed by atoms with Crippen LogP contribution in [0.1, 0.15) is 12.0 Å². The van der Waals surface area contributed by atoms with Crippen LogP contribution in [0.25, 0.3) is 0 Å². The van der Waals surface area contributed by atoms with Crippen molar-refractivity contribution in [1.82, 2.24) is 5.32 Å². The maximum atomic E-state index is 12.3. The van der Waals surface area contributed by atoms with Crippen molar-refractivity contribution >= 4 is 23.4 Å². The topological polar surface area (TPSA) is 90.5 Å². The SMILES string of the molecule is O=C(Nc1ccccc1)NC1(C(=O)O)CCNc2ccccc21. The molecule has 3 rings (SSSR count). The zero-order valence-electron chi connectivity index (χ0n) is 12.4. The normalized spacial score (nSPS) is 19.1.